The van der Waals surface area contributed by atoms with Crippen LogP contribution in [-0.4, -0.2) is 37.2 Å². The third-order valence-corrected chi connectivity index (χ3v) is 9.93. The number of ether oxygens (including phenoxy) is 3. The summed E-state index contributed by atoms with van der Waals surface area (Å²) in [4.78, 5) is 37.6. The molecule has 0 aliphatic rings. The van der Waals surface area contributed by atoms with Crippen LogP contribution in [0.5, 0.6) is 0 Å². The molecule has 310 valence electrons. The lowest BCUT2D eigenvalue weighted by molar-refractivity contribution is -0.167. The van der Waals surface area contributed by atoms with Gasteiger partial charge in [0.25, 0.3) is 0 Å². The van der Waals surface area contributed by atoms with Crippen LogP contribution in [0.3, 0.4) is 0 Å². The molecule has 0 aromatic heterocycles. The standard InChI is InChI=1S/C47H86O6/c1-4-7-10-13-16-19-22-23-24-26-28-31-34-37-40-46(49)52-43-44(42-51-45(48)39-36-33-30-27-21-18-15-12-9-6-3)53-47(50)41-38-35-32-29-25-20-17-14-11-8-5-2/h14,17,24,26,44H,4-13,15-16,18-23,25,27-43H2,1-3H3/b17-14-,26-24-. The van der Waals surface area contributed by atoms with E-state index in [4.69, 9.17) is 14.2 Å². The minimum Gasteiger partial charge on any atom is -0.462 e. The van der Waals surface area contributed by atoms with E-state index in [2.05, 4.69) is 45.1 Å². The fraction of sp³-hybridized carbons (Fsp3) is 0.851. The van der Waals surface area contributed by atoms with Gasteiger partial charge >= 0.3 is 17.9 Å². The van der Waals surface area contributed by atoms with Crippen molar-refractivity contribution in [2.24, 2.45) is 0 Å². The second-order valence-corrected chi connectivity index (χ2v) is 15.3. The summed E-state index contributed by atoms with van der Waals surface area (Å²) in [5, 5.41) is 0. The molecule has 0 rings (SSSR count). The van der Waals surface area contributed by atoms with E-state index in [0.717, 1.165) is 83.5 Å². The van der Waals surface area contributed by atoms with Gasteiger partial charge in [-0.3, -0.25) is 14.4 Å². The summed E-state index contributed by atoms with van der Waals surface area (Å²) < 4.78 is 16.7. The first-order valence-electron chi connectivity index (χ1n) is 22.8. The summed E-state index contributed by atoms with van der Waals surface area (Å²) in [6.45, 7) is 6.56. The summed E-state index contributed by atoms with van der Waals surface area (Å²) in [5.41, 5.74) is 0. The molecule has 0 bridgehead atoms. The average molecular weight is 747 g/mol. The Morgan fingerprint density at radius 2 is 0.642 bits per heavy atom. The number of unbranched alkanes of at least 4 members (excludes halogenated alkanes) is 26. The molecule has 0 N–H and O–H groups in total. The van der Waals surface area contributed by atoms with E-state index >= 15 is 0 Å². The predicted molar refractivity (Wildman–Crippen MR) is 224 cm³/mol. The molecular formula is C47H86O6. The van der Waals surface area contributed by atoms with Gasteiger partial charge in [-0.05, 0) is 64.2 Å². The zero-order chi connectivity index (χ0) is 38.7. The van der Waals surface area contributed by atoms with Gasteiger partial charge in [-0.1, -0.05) is 180 Å². The highest BCUT2D eigenvalue weighted by molar-refractivity contribution is 5.71. The van der Waals surface area contributed by atoms with Crippen molar-refractivity contribution in [2.45, 2.75) is 245 Å². The molecule has 0 saturated heterocycles. The van der Waals surface area contributed by atoms with Gasteiger partial charge in [-0.25, -0.2) is 0 Å². The summed E-state index contributed by atoms with van der Waals surface area (Å²) in [6, 6.07) is 0. The monoisotopic (exact) mass is 747 g/mol. The molecule has 1 atom stereocenters. The van der Waals surface area contributed by atoms with Crippen molar-refractivity contribution in [3.8, 4) is 0 Å². The van der Waals surface area contributed by atoms with E-state index in [9.17, 15) is 14.4 Å². The van der Waals surface area contributed by atoms with Crippen molar-refractivity contribution < 1.29 is 28.6 Å². The quantitative estimate of drug-likeness (QED) is 0.0268. The van der Waals surface area contributed by atoms with Crippen LogP contribution in [0.4, 0.5) is 0 Å². The second kappa shape index (κ2) is 42.6. The Kier molecular flexibility index (Phi) is 40.9. The SMILES string of the molecule is CCCC/C=C\CCCCCCCC(=O)OC(COC(=O)CCCCC/C=C\CCCCCCCCC)COC(=O)CCCCCCCCCCCC. The number of allylic oxidation sites excluding steroid dienone is 4. The molecule has 0 aliphatic heterocycles. The van der Waals surface area contributed by atoms with E-state index in [1.54, 1.807) is 0 Å². The Morgan fingerprint density at radius 1 is 0.358 bits per heavy atom. The van der Waals surface area contributed by atoms with E-state index in [-0.39, 0.29) is 31.1 Å². The minimum absolute atomic E-state index is 0.0768. The molecule has 0 heterocycles. The Labute approximate surface area is 328 Å². The summed E-state index contributed by atoms with van der Waals surface area (Å²) in [6.07, 6.45) is 45.9. The number of hydrogen-bond acceptors (Lipinski definition) is 6. The fourth-order valence-electron chi connectivity index (χ4n) is 6.42. The van der Waals surface area contributed by atoms with Crippen LogP contribution in [0, 0.1) is 0 Å². The van der Waals surface area contributed by atoms with Crippen molar-refractivity contribution in [1.82, 2.24) is 0 Å². The molecule has 6 nitrogen and oxygen atoms in total. The van der Waals surface area contributed by atoms with Crippen molar-refractivity contribution in [3.63, 3.8) is 0 Å². The highest BCUT2D eigenvalue weighted by Crippen LogP contribution is 2.14. The average Bonchev–Trinajstić information content (AvgIpc) is 3.15. The summed E-state index contributed by atoms with van der Waals surface area (Å²) in [5.74, 6) is -0.901. The fourth-order valence-corrected chi connectivity index (χ4v) is 6.42. The highest BCUT2D eigenvalue weighted by Gasteiger charge is 2.19. The van der Waals surface area contributed by atoms with Gasteiger partial charge in [-0.15, -0.1) is 0 Å². The molecule has 6 heteroatoms. The number of carbonyl (C=O) groups excluding carboxylic acids is 3. The first-order valence-corrected chi connectivity index (χ1v) is 22.8. The molecule has 0 aliphatic carbocycles. The summed E-state index contributed by atoms with van der Waals surface area (Å²) in [7, 11) is 0. The topological polar surface area (TPSA) is 78.9 Å². The van der Waals surface area contributed by atoms with Crippen LogP contribution in [0.1, 0.15) is 239 Å². The third kappa shape index (κ3) is 40.9. The third-order valence-electron chi connectivity index (χ3n) is 9.93. The molecule has 0 saturated carbocycles. The summed E-state index contributed by atoms with van der Waals surface area (Å²) >= 11 is 0. The van der Waals surface area contributed by atoms with Crippen LogP contribution < -0.4 is 0 Å². The number of carbonyl (C=O) groups is 3. The smallest absolute Gasteiger partial charge is 0.306 e. The Bertz CT molecular complexity index is 865. The van der Waals surface area contributed by atoms with Crippen LogP contribution >= 0.6 is 0 Å². The lowest BCUT2D eigenvalue weighted by Crippen LogP contribution is -2.30. The van der Waals surface area contributed by atoms with Crippen molar-refractivity contribution >= 4 is 17.9 Å². The second-order valence-electron chi connectivity index (χ2n) is 15.3. The molecule has 53 heavy (non-hydrogen) atoms. The number of hydrogen-bond donors (Lipinski definition) is 0. The van der Waals surface area contributed by atoms with Crippen LogP contribution in [0.25, 0.3) is 0 Å². The lowest BCUT2D eigenvalue weighted by atomic mass is 10.1. The molecule has 0 amide bonds. The van der Waals surface area contributed by atoms with Crippen LogP contribution in [-0.2, 0) is 28.6 Å². The minimum atomic E-state index is -0.774. The molecule has 0 spiro atoms. The van der Waals surface area contributed by atoms with E-state index in [0.29, 0.717) is 19.3 Å². The normalized spacial score (nSPS) is 12.1. The largest absolute Gasteiger partial charge is 0.462 e. The van der Waals surface area contributed by atoms with Gasteiger partial charge in [0.2, 0.25) is 0 Å². The van der Waals surface area contributed by atoms with E-state index < -0.39 is 6.10 Å². The van der Waals surface area contributed by atoms with Gasteiger partial charge in [0.05, 0.1) is 0 Å². The molecule has 0 aromatic rings. The van der Waals surface area contributed by atoms with Gasteiger partial charge in [0.1, 0.15) is 13.2 Å². The van der Waals surface area contributed by atoms with Crippen molar-refractivity contribution in [3.05, 3.63) is 24.3 Å². The number of esters is 3. The van der Waals surface area contributed by atoms with E-state index in [1.807, 2.05) is 0 Å². The van der Waals surface area contributed by atoms with Crippen molar-refractivity contribution in [2.75, 3.05) is 13.2 Å². The van der Waals surface area contributed by atoms with Gasteiger partial charge in [0.15, 0.2) is 6.10 Å². The first-order chi connectivity index (χ1) is 26.0. The van der Waals surface area contributed by atoms with Gasteiger partial charge < -0.3 is 14.2 Å². The van der Waals surface area contributed by atoms with Crippen LogP contribution in [0.2, 0.25) is 0 Å². The van der Waals surface area contributed by atoms with Crippen LogP contribution in [0.15, 0.2) is 24.3 Å². The first kappa shape index (κ1) is 50.9. The molecule has 0 fully saturated rings. The van der Waals surface area contributed by atoms with Gasteiger partial charge in [0, 0.05) is 19.3 Å². The highest BCUT2D eigenvalue weighted by atomic mass is 16.6. The lowest BCUT2D eigenvalue weighted by Gasteiger charge is -2.18. The maximum Gasteiger partial charge on any atom is 0.306 e. The molecule has 0 aromatic carbocycles. The van der Waals surface area contributed by atoms with E-state index in [1.165, 1.54) is 116 Å². The molecule has 0 radical (unpaired) electrons. The Morgan fingerprint density at radius 3 is 1.02 bits per heavy atom. The zero-order valence-corrected chi connectivity index (χ0v) is 35.3. The zero-order valence-electron chi connectivity index (χ0n) is 35.3. The Balaban J connectivity index is 4.37. The van der Waals surface area contributed by atoms with Gasteiger partial charge in [-0.2, -0.15) is 0 Å². The van der Waals surface area contributed by atoms with Crippen molar-refractivity contribution in [1.29, 1.82) is 0 Å². The molecule has 1 unspecified atom stereocenters. The Hall–Kier alpha value is -2.11. The number of rotatable bonds is 41. The maximum atomic E-state index is 12.7. The predicted octanol–water partition coefficient (Wildman–Crippen LogP) is 14.4. The maximum absolute atomic E-state index is 12.7. The molecular weight excluding hydrogens is 661 g/mol.